The normalized spacial score (nSPS) is 24.7. The van der Waals surface area contributed by atoms with E-state index in [1.165, 1.54) is 38.8 Å². The monoisotopic (exact) mass is 205 g/mol. The van der Waals surface area contributed by atoms with E-state index in [2.05, 4.69) is 12.2 Å². The molecule has 2 aliphatic rings. The maximum Gasteiger partial charge on any atom is 0.0587 e. The summed E-state index contributed by atoms with van der Waals surface area (Å²) in [6, 6.07) is 0. The van der Waals surface area contributed by atoms with Gasteiger partial charge >= 0.3 is 0 Å². The van der Waals surface area contributed by atoms with Gasteiger partial charge in [-0.25, -0.2) is 0 Å². The molecule has 2 rings (SSSR count). The minimum absolute atomic E-state index is 0. The van der Waals surface area contributed by atoms with Gasteiger partial charge in [0.1, 0.15) is 0 Å². The van der Waals surface area contributed by atoms with E-state index in [9.17, 15) is 0 Å². The second-order valence-corrected chi connectivity index (χ2v) is 4.36. The lowest BCUT2D eigenvalue weighted by Gasteiger charge is -2.54. The van der Waals surface area contributed by atoms with Gasteiger partial charge in [-0.1, -0.05) is 13.3 Å². The highest BCUT2D eigenvalue weighted by Gasteiger charge is 2.48. The van der Waals surface area contributed by atoms with E-state index < -0.39 is 0 Å². The molecule has 0 aromatic rings. The average molecular weight is 206 g/mol. The van der Waals surface area contributed by atoms with Crippen LogP contribution in [0.25, 0.3) is 0 Å². The third-order valence-corrected chi connectivity index (χ3v) is 3.17. The summed E-state index contributed by atoms with van der Waals surface area (Å²) < 4.78 is 5.72. The molecule has 0 bridgehead atoms. The van der Waals surface area contributed by atoms with E-state index in [0.717, 1.165) is 6.61 Å². The Labute approximate surface area is 86.8 Å². The Morgan fingerprint density at radius 1 is 1.38 bits per heavy atom. The smallest absolute Gasteiger partial charge is 0.0587 e. The summed E-state index contributed by atoms with van der Waals surface area (Å²) in [5.74, 6) is 0. The molecule has 1 N–H and O–H groups in total. The van der Waals surface area contributed by atoms with Crippen molar-refractivity contribution < 1.29 is 4.74 Å². The number of hydrogen-bond acceptors (Lipinski definition) is 2. The van der Waals surface area contributed by atoms with Gasteiger partial charge < -0.3 is 10.1 Å². The molecule has 0 atom stereocenters. The largest absolute Gasteiger partial charge is 0.378 e. The van der Waals surface area contributed by atoms with Gasteiger partial charge in [0.05, 0.1) is 6.10 Å². The molecule has 0 radical (unpaired) electrons. The summed E-state index contributed by atoms with van der Waals surface area (Å²) >= 11 is 0. The van der Waals surface area contributed by atoms with Crippen LogP contribution in [0.15, 0.2) is 0 Å². The fourth-order valence-electron chi connectivity index (χ4n) is 2.19. The van der Waals surface area contributed by atoms with Crippen LogP contribution in [-0.2, 0) is 4.74 Å². The van der Waals surface area contributed by atoms with Gasteiger partial charge in [0.2, 0.25) is 0 Å². The molecule has 1 aliphatic heterocycles. The summed E-state index contributed by atoms with van der Waals surface area (Å²) in [6.07, 6.45) is 5.69. The Balaban J connectivity index is 0.000000845. The van der Waals surface area contributed by atoms with Crippen molar-refractivity contribution in [1.29, 1.82) is 0 Å². The highest BCUT2D eigenvalue weighted by Crippen LogP contribution is 2.45. The van der Waals surface area contributed by atoms with E-state index in [4.69, 9.17) is 4.74 Å². The minimum Gasteiger partial charge on any atom is -0.378 e. The van der Waals surface area contributed by atoms with Crippen LogP contribution in [0.2, 0.25) is 0 Å². The fraction of sp³-hybridized carbons (Fsp3) is 1.00. The number of nitrogens with one attached hydrogen (secondary N) is 1. The molecule has 0 amide bonds. The van der Waals surface area contributed by atoms with E-state index in [0.29, 0.717) is 11.5 Å². The van der Waals surface area contributed by atoms with Crippen LogP contribution in [0.1, 0.15) is 32.6 Å². The number of hydrogen-bond donors (Lipinski definition) is 1. The van der Waals surface area contributed by atoms with Gasteiger partial charge in [-0.15, -0.1) is 12.4 Å². The molecular weight excluding hydrogens is 186 g/mol. The molecule has 1 heterocycles. The second-order valence-electron chi connectivity index (χ2n) is 4.36. The number of ether oxygens (including phenoxy) is 1. The lowest BCUT2D eigenvalue weighted by atomic mass is 9.63. The Hall–Kier alpha value is 0.210. The number of unbranched alkanes of at least 4 members (excludes halogenated alkanes) is 1. The van der Waals surface area contributed by atoms with Crippen LogP contribution in [-0.4, -0.2) is 25.8 Å². The molecule has 78 valence electrons. The van der Waals surface area contributed by atoms with Gasteiger partial charge in [0.25, 0.3) is 0 Å². The summed E-state index contributed by atoms with van der Waals surface area (Å²) in [5, 5.41) is 3.34. The molecule has 3 heteroatoms. The lowest BCUT2D eigenvalue weighted by molar-refractivity contribution is -0.103. The van der Waals surface area contributed by atoms with Gasteiger partial charge in [-0.05, 0) is 19.3 Å². The topological polar surface area (TPSA) is 21.3 Å². The van der Waals surface area contributed by atoms with Crippen molar-refractivity contribution in [2.45, 2.75) is 38.7 Å². The molecule has 13 heavy (non-hydrogen) atoms. The van der Waals surface area contributed by atoms with Crippen molar-refractivity contribution in [3.8, 4) is 0 Å². The first kappa shape index (κ1) is 11.3. The highest BCUT2D eigenvalue weighted by atomic mass is 35.5. The van der Waals surface area contributed by atoms with Crippen LogP contribution in [0, 0.1) is 5.41 Å². The summed E-state index contributed by atoms with van der Waals surface area (Å²) in [5.41, 5.74) is 0.677. The predicted octanol–water partition coefficient (Wildman–Crippen LogP) is 1.98. The average Bonchev–Trinajstić information content (AvgIpc) is 1.90. The minimum atomic E-state index is 0. The van der Waals surface area contributed by atoms with Gasteiger partial charge in [-0.3, -0.25) is 0 Å². The lowest BCUT2D eigenvalue weighted by Crippen LogP contribution is -2.62. The predicted molar refractivity (Wildman–Crippen MR) is 56.4 cm³/mol. The van der Waals surface area contributed by atoms with Crippen molar-refractivity contribution in [2.75, 3.05) is 19.7 Å². The van der Waals surface area contributed by atoms with Crippen LogP contribution in [0.3, 0.4) is 0 Å². The Kier molecular flexibility index (Phi) is 4.02. The first-order valence-corrected chi connectivity index (χ1v) is 5.17. The zero-order valence-corrected chi connectivity index (χ0v) is 9.16. The van der Waals surface area contributed by atoms with Crippen molar-refractivity contribution in [2.24, 2.45) is 5.41 Å². The number of halogens is 1. The van der Waals surface area contributed by atoms with E-state index >= 15 is 0 Å². The van der Waals surface area contributed by atoms with Crippen molar-refractivity contribution in [1.82, 2.24) is 5.32 Å². The summed E-state index contributed by atoms with van der Waals surface area (Å²) in [7, 11) is 0. The van der Waals surface area contributed by atoms with Crippen LogP contribution in [0.4, 0.5) is 0 Å². The second kappa shape index (κ2) is 4.63. The Bertz CT molecular complexity index is 151. The van der Waals surface area contributed by atoms with E-state index in [1.807, 2.05) is 0 Å². The van der Waals surface area contributed by atoms with Crippen LogP contribution in [0.5, 0.6) is 0 Å². The first-order valence-electron chi connectivity index (χ1n) is 5.17. The summed E-state index contributed by atoms with van der Waals surface area (Å²) in [4.78, 5) is 0. The zero-order chi connectivity index (χ0) is 8.44. The van der Waals surface area contributed by atoms with Gasteiger partial charge in [-0.2, -0.15) is 0 Å². The molecule has 2 nitrogen and oxygen atoms in total. The quantitative estimate of drug-likeness (QED) is 0.709. The number of rotatable bonds is 4. The van der Waals surface area contributed by atoms with E-state index in [1.54, 1.807) is 0 Å². The molecule has 0 unspecified atom stereocenters. The van der Waals surface area contributed by atoms with Gasteiger partial charge in [0, 0.05) is 25.1 Å². The fourth-order valence-corrected chi connectivity index (χ4v) is 2.19. The van der Waals surface area contributed by atoms with Crippen LogP contribution < -0.4 is 5.32 Å². The Morgan fingerprint density at radius 3 is 2.54 bits per heavy atom. The highest BCUT2D eigenvalue weighted by molar-refractivity contribution is 5.85. The first-order chi connectivity index (χ1) is 5.85. The zero-order valence-electron chi connectivity index (χ0n) is 8.34. The maximum absolute atomic E-state index is 5.72. The third-order valence-electron chi connectivity index (χ3n) is 3.17. The molecule has 1 saturated heterocycles. The van der Waals surface area contributed by atoms with E-state index in [-0.39, 0.29) is 12.4 Å². The van der Waals surface area contributed by atoms with Crippen molar-refractivity contribution in [3.63, 3.8) is 0 Å². The third kappa shape index (κ3) is 2.36. The van der Waals surface area contributed by atoms with Crippen molar-refractivity contribution in [3.05, 3.63) is 0 Å². The SMILES string of the molecule is CCCCOC1CC2(CNC2)C1.Cl. The summed E-state index contributed by atoms with van der Waals surface area (Å²) in [6.45, 7) is 5.66. The molecule has 1 saturated carbocycles. The molecule has 1 aliphatic carbocycles. The molecular formula is C10H20ClNO. The molecule has 2 fully saturated rings. The van der Waals surface area contributed by atoms with Gasteiger partial charge in [0.15, 0.2) is 0 Å². The standard InChI is InChI=1S/C10H19NO.ClH/c1-2-3-4-12-9-5-10(6-9)7-11-8-10;/h9,11H,2-8H2,1H3;1H. The molecule has 0 aromatic heterocycles. The Morgan fingerprint density at radius 2 is 2.08 bits per heavy atom. The van der Waals surface area contributed by atoms with Crippen molar-refractivity contribution >= 4 is 12.4 Å². The molecule has 1 spiro atoms. The maximum atomic E-state index is 5.72. The molecule has 0 aromatic carbocycles. The van der Waals surface area contributed by atoms with Crippen LogP contribution >= 0.6 is 12.4 Å².